The molecule has 0 fully saturated rings. The number of rotatable bonds is 7. The van der Waals surface area contributed by atoms with Gasteiger partial charge in [-0.3, -0.25) is 9.59 Å². The maximum Gasteiger partial charge on any atom is 0.235 e. The van der Waals surface area contributed by atoms with Gasteiger partial charge < -0.3 is 11.1 Å². The molecule has 1 atom stereocenters. The van der Waals surface area contributed by atoms with E-state index in [9.17, 15) is 9.59 Å². The van der Waals surface area contributed by atoms with Crippen LogP contribution < -0.4 is 11.1 Å². The maximum atomic E-state index is 10.8. The van der Waals surface area contributed by atoms with Gasteiger partial charge in [0.15, 0.2) is 0 Å². The Kier molecular flexibility index (Phi) is 6.62. The SMILES string of the molecule is CCNC(CSCC(C)=O)C(N)=O. The Hall–Kier alpha value is -0.550. The molecular formula is C8H16N2O2S. The molecular weight excluding hydrogens is 188 g/mol. The van der Waals surface area contributed by atoms with Gasteiger partial charge in [0.2, 0.25) is 5.91 Å². The van der Waals surface area contributed by atoms with Crippen LogP contribution in [0.2, 0.25) is 0 Å². The third kappa shape index (κ3) is 6.60. The first-order valence-electron chi connectivity index (χ1n) is 4.17. The first-order valence-corrected chi connectivity index (χ1v) is 5.33. The molecule has 0 aromatic carbocycles. The Labute approximate surface area is 82.6 Å². The predicted molar refractivity (Wildman–Crippen MR) is 54.7 cm³/mol. The molecule has 4 nitrogen and oxygen atoms in total. The zero-order chi connectivity index (χ0) is 10.3. The fourth-order valence-corrected chi connectivity index (χ4v) is 1.73. The number of likely N-dealkylation sites (N-methyl/N-ethyl adjacent to an activating group) is 1. The number of Topliss-reactive ketones (excluding diaryl/α,β-unsaturated/α-hetero) is 1. The molecule has 0 spiro atoms. The third-order valence-electron chi connectivity index (χ3n) is 1.38. The molecule has 1 amide bonds. The van der Waals surface area contributed by atoms with Gasteiger partial charge in [0.25, 0.3) is 0 Å². The number of carbonyl (C=O) groups is 2. The Balaban J connectivity index is 3.69. The summed E-state index contributed by atoms with van der Waals surface area (Å²) in [6.07, 6.45) is 0. The molecule has 13 heavy (non-hydrogen) atoms. The van der Waals surface area contributed by atoms with Crippen molar-refractivity contribution < 1.29 is 9.59 Å². The molecule has 0 saturated heterocycles. The van der Waals surface area contributed by atoms with Crippen LogP contribution in [-0.2, 0) is 9.59 Å². The fraction of sp³-hybridized carbons (Fsp3) is 0.750. The van der Waals surface area contributed by atoms with Gasteiger partial charge in [0, 0.05) is 5.75 Å². The van der Waals surface area contributed by atoms with Crippen LogP contribution in [0.25, 0.3) is 0 Å². The van der Waals surface area contributed by atoms with Crippen molar-refractivity contribution in [2.24, 2.45) is 5.73 Å². The van der Waals surface area contributed by atoms with Gasteiger partial charge in [0.05, 0.1) is 11.8 Å². The molecule has 1 unspecified atom stereocenters. The van der Waals surface area contributed by atoms with E-state index in [1.54, 1.807) is 0 Å². The van der Waals surface area contributed by atoms with Crippen LogP contribution in [0.4, 0.5) is 0 Å². The number of carbonyl (C=O) groups excluding carboxylic acids is 2. The van der Waals surface area contributed by atoms with Gasteiger partial charge in [-0.05, 0) is 13.5 Å². The summed E-state index contributed by atoms with van der Waals surface area (Å²) in [6.45, 7) is 4.14. The molecule has 5 heteroatoms. The topological polar surface area (TPSA) is 72.2 Å². The second-order valence-corrected chi connectivity index (χ2v) is 3.76. The fourth-order valence-electron chi connectivity index (χ4n) is 0.809. The summed E-state index contributed by atoms with van der Waals surface area (Å²) >= 11 is 1.42. The normalized spacial score (nSPS) is 12.5. The predicted octanol–water partition coefficient (Wildman–Crippen LogP) is -0.228. The molecule has 0 aliphatic carbocycles. The van der Waals surface area contributed by atoms with E-state index in [0.29, 0.717) is 18.1 Å². The van der Waals surface area contributed by atoms with Crippen LogP contribution in [0.3, 0.4) is 0 Å². The average molecular weight is 204 g/mol. The number of amides is 1. The van der Waals surface area contributed by atoms with Gasteiger partial charge in [0.1, 0.15) is 5.78 Å². The minimum absolute atomic E-state index is 0.115. The van der Waals surface area contributed by atoms with Crippen LogP contribution in [-0.4, -0.2) is 35.8 Å². The highest BCUT2D eigenvalue weighted by Crippen LogP contribution is 2.02. The largest absolute Gasteiger partial charge is 0.368 e. The molecule has 0 saturated carbocycles. The quantitative estimate of drug-likeness (QED) is 0.601. The number of hydrogen-bond donors (Lipinski definition) is 2. The summed E-state index contributed by atoms with van der Waals surface area (Å²) in [5, 5.41) is 2.95. The maximum absolute atomic E-state index is 10.8. The van der Waals surface area contributed by atoms with E-state index >= 15 is 0 Å². The number of primary amides is 1. The van der Waals surface area contributed by atoms with Gasteiger partial charge >= 0.3 is 0 Å². The number of nitrogens with one attached hydrogen (secondary N) is 1. The Morgan fingerprint density at radius 3 is 2.54 bits per heavy atom. The standard InChI is InChI=1S/C8H16N2O2S/c1-3-10-7(8(9)12)5-13-4-6(2)11/h7,10H,3-5H2,1-2H3,(H2,9,12). The van der Waals surface area contributed by atoms with Crippen molar-refractivity contribution in [1.82, 2.24) is 5.32 Å². The second-order valence-electron chi connectivity index (χ2n) is 2.73. The minimum atomic E-state index is -0.363. The summed E-state index contributed by atoms with van der Waals surface area (Å²) < 4.78 is 0. The van der Waals surface area contributed by atoms with Gasteiger partial charge in [-0.25, -0.2) is 0 Å². The molecule has 0 bridgehead atoms. The summed E-state index contributed by atoms with van der Waals surface area (Å²) in [7, 11) is 0. The van der Waals surface area contributed by atoms with E-state index in [0.717, 1.165) is 0 Å². The molecule has 0 heterocycles. The first-order chi connectivity index (χ1) is 6.07. The van der Waals surface area contributed by atoms with Crippen molar-refractivity contribution in [2.45, 2.75) is 19.9 Å². The van der Waals surface area contributed by atoms with E-state index < -0.39 is 0 Å². The molecule has 0 rings (SSSR count). The van der Waals surface area contributed by atoms with Crippen LogP contribution in [0.5, 0.6) is 0 Å². The highest BCUT2D eigenvalue weighted by Gasteiger charge is 2.13. The lowest BCUT2D eigenvalue weighted by Crippen LogP contribution is -2.43. The van der Waals surface area contributed by atoms with Crippen molar-refractivity contribution in [3.05, 3.63) is 0 Å². The highest BCUT2D eigenvalue weighted by molar-refractivity contribution is 8.00. The van der Waals surface area contributed by atoms with Crippen molar-refractivity contribution in [3.8, 4) is 0 Å². The zero-order valence-electron chi connectivity index (χ0n) is 8.00. The highest BCUT2D eigenvalue weighted by atomic mass is 32.2. The van der Waals surface area contributed by atoms with E-state index in [1.165, 1.54) is 18.7 Å². The zero-order valence-corrected chi connectivity index (χ0v) is 8.82. The molecule has 0 radical (unpaired) electrons. The van der Waals surface area contributed by atoms with Crippen molar-refractivity contribution in [1.29, 1.82) is 0 Å². The van der Waals surface area contributed by atoms with E-state index in [-0.39, 0.29) is 17.7 Å². The Morgan fingerprint density at radius 2 is 2.15 bits per heavy atom. The molecule has 0 aromatic rings. The van der Waals surface area contributed by atoms with Crippen LogP contribution in [0.15, 0.2) is 0 Å². The van der Waals surface area contributed by atoms with Crippen molar-refractivity contribution >= 4 is 23.5 Å². The number of nitrogens with two attached hydrogens (primary N) is 1. The van der Waals surface area contributed by atoms with Crippen LogP contribution in [0, 0.1) is 0 Å². The summed E-state index contributed by atoms with van der Waals surface area (Å²) in [6, 6.07) is -0.325. The van der Waals surface area contributed by atoms with Gasteiger partial charge in [-0.1, -0.05) is 6.92 Å². The Bertz CT molecular complexity index is 185. The van der Waals surface area contributed by atoms with Gasteiger partial charge in [-0.15, -0.1) is 0 Å². The molecule has 0 aromatic heterocycles. The average Bonchev–Trinajstić information content (AvgIpc) is 2.02. The summed E-state index contributed by atoms with van der Waals surface area (Å²) in [5.41, 5.74) is 5.14. The smallest absolute Gasteiger partial charge is 0.235 e. The Morgan fingerprint density at radius 1 is 1.54 bits per heavy atom. The minimum Gasteiger partial charge on any atom is -0.368 e. The monoisotopic (exact) mass is 204 g/mol. The van der Waals surface area contributed by atoms with E-state index in [1.807, 2.05) is 6.92 Å². The second kappa shape index (κ2) is 6.91. The van der Waals surface area contributed by atoms with E-state index in [4.69, 9.17) is 5.73 Å². The van der Waals surface area contributed by atoms with Crippen LogP contribution in [0.1, 0.15) is 13.8 Å². The van der Waals surface area contributed by atoms with Crippen LogP contribution >= 0.6 is 11.8 Å². The number of ketones is 1. The lowest BCUT2D eigenvalue weighted by atomic mass is 10.3. The lowest BCUT2D eigenvalue weighted by Gasteiger charge is -2.12. The lowest BCUT2D eigenvalue weighted by molar-refractivity contribution is -0.119. The van der Waals surface area contributed by atoms with Crippen molar-refractivity contribution in [2.75, 3.05) is 18.1 Å². The molecule has 0 aliphatic heterocycles. The first kappa shape index (κ1) is 12.4. The van der Waals surface area contributed by atoms with Gasteiger partial charge in [-0.2, -0.15) is 11.8 Å². The number of thioether (sulfide) groups is 1. The molecule has 3 N–H and O–H groups in total. The van der Waals surface area contributed by atoms with E-state index in [2.05, 4.69) is 5.32 Å². The molecule has 76 valence electrons. The molecule has 0 aliphatic rings. The summed E-state index contributed by atoms with van der Waals surface area (Å²) in [4.78, 5) is 21.4. The third-order valence-corrected chi connectivity index (χ3v) is 2.56. The van der Waals surface area contributed by atoms with Crippen molar-refractivity contribution in [3.63, 3.8) is 0 Å². The number of hydrogen-bond acceptors (Lipinski definition) is 4. The summed E-state index contributed by atoms with van der Waals surface area (Å²) in [5.74, 6) is 0.750.